The molecule has 0 saturated carbocycles. The predicted octanol–water partition coefficient (Wildman–Crippen LogP) is 2.68. The first-order valence-electron chi connectivity index (χ1n) is 8.07. The van der Waals surface area contributed by atoms with Gasteiger partial charge < -0.3 is 10.0 Å². The minimum atomic E-state index is 0.0577. The average Bonchev–Trinajstić information content (AvgIpc) is 2.60. The second kappa shape index (κ2) is 7.79. The van der Waals surface area contributed by atoms with Crippen LogP contribution < -0.4 is 0 Å². The average molecular weight is 345 g/mol. The second-order valence-corrected chi connectivity index (χ2v) is 6.56. The van der Waals surface area contributed by atoms with Crippen LogP contribution >= 0.6 is 11.6 Å². The highest BCUT2D eigenvalue weighted by Crippen LogP contribution is 2.15. The standard InChI is InChI=1S/C19H21ClN2O2/c20-18-7-5-16(6-8-18)12-22-10-9-21(13-19(22)24)11-15-1-3-17(14-23)4-2-15/h1-8,23H,9-14H2. The van der Waals surface area contributed by atoms with Crippen molar-refractivity contribution < 1.29 is 9.90 Å². The van der Waals surface area contributed by atoms with Gasteiger partial charge in [0, 0.05) is 31.2 Å². The van der Waals surface area contributed by atoms with E-state index in [1.54, 1.807) is 0 Å². The molecule has 2 aromatic carbocycles. The number of halogens is 1. The van der Waals surface area contributed by atoms with Crippen LogP contribution in [0.25, 0.3) is 0 Å². The van der Waals surface area contributed by atoms with Crippen LogP contribution in [0, 0.1) is 0 Å². The van der Waals surface area contributed by atoms with Gasteiger partial charge in [0.2, 0.25) is 5.91 Å². The second-order valence-electron chi connectivity index (χ2n) is 6.13. The van der Waals surface area contributed by atoms with Crippen molar-refractivity contribution in [3.63, 3.8) is 0 Å². The van der Waals surface area contributed by atoms with E-state index in [0.717, 1.165) is 36.3 Å². The van der Waals surface area contributed by atoms with E-state index in [4.69, 9.17) is 16.7 Å². The lowest BCUT2D eigenvalue weighted by Crippen LogP contribution is -2.49. The molecule has 24 heavy (non-hydrogen) atoms. The van der Waals surface area contributed by atoms with Crippen LogP contribution in [0.1, 0.15) is 16.7 Å². The van der Waals surface area contributed by atoms with Crippen molar-refractivity contribution in [3.05, 3.63) is 70.2 Å². The summed E-state index contributed by atoms with van der Waals surface area (Å²) in [6.45, 7) is 3.48. The first-order valence-corrected chi connectivity index (χ1v) is 8.45. The van der Waals surface area contributed by atoms with Crippen molar-refractivity contribution in [1.82, 2.24) is 9.80 Å². The molecule has 1 amide bonds. The Bertz CT molecular complexity index is 686. The molecule has 1 saturated heterocycles. The molecule has 5 heteroatoms. The maximum Gasteiger partial charge on any atom is 0.237 e. The fraction of sp³-hybridized carbons (Fsp3) is 0.316. The first-order chi connectivity index (χ1) is 11.6. The number of rotatable bonds is 5. The zero-order valence-corrected chi connectivity index (χ0v) is 14.2. The first kappa shape index (κ1) is 17.0. The van der Waals surface area contributed by atoms with Crippen molar-refractivity contribution in [1.29, 1.82) is 0 Å². The molecule has 0 radical (unpaired) electrons. The molecule has 0 aliphatic carbocycles. The third kappa shape index (κ3) is 4.35. The van der Waals surface area contributed by atoms with Crippen molar-refractivity contribution in [2.45, 2.75) is 19.7 Å². The van der Waals surface area contributed by atoms with E-state index in [1.165, 1.54) is 0 Å². The van der Waals surface area contributed by atoms with Gasteiger partial charge in [-0.15, -0.1) is 0 Å². The molecular weight excluding hydrogens is 324 g/mol. The van der Waals surface area contributed by atoms with Crippen LogP contribution in [0.4, 0.5) is 0 Å². The summed E-state index contributed by atoms with van der Waals surface area (Å²) in [5.74, 6) is 0.156. The summed E-state index contributed by atoms with van der Waals surface area (Å²) < 4.78 is 0. The Morgan fingerprint density at radius 2 is 1.46 bits per heavy atom. The van der Waals surface area contributed by atoms with E-state index < -0.39 is 0 Å². The Labute approximate surface area is 147 Å². The van der Waals surface area contributed by atoms with Gasteiger partial charge in [-0.2, -0.15) is 0 Å². The number of amides is 1. The predicted molar refractivity (Wildman–Crippen MR) is 94.5 cm³/mol. The van der Waals surface area contributed by atoms with E-state index in [9.17, 15) is 4.79 Å². The van der Waals surface area contributed by atoms with Crippen molar-refractivity contribution >= 4 is 17.5 Å². The molecule has 0 spiro atoms. The number of aliphatic hydroxyl groups excluding tert-OH is 1. The van der Waals surface area contributed by atoms with E-state index >= 15 is 0 Å². The van der Waals surface area contributed by atoms with Crippen molar-refractivity contribution in [2.75, 3.05) is 19.6 Å². The van der Waals surface area contributed by atoms with Gasteiger partial charge in [-0.1, -0.05) is 48.0 Å². The highest BCUT2D eigenvalue weighted by molar-refractivity contribution is 6.30. The van der Waals surface area contributed by atoms with Gasteiger partial charge in [0.15, 0.2) is 0 Å². The lowest BCUT2D eigenvalue weighted by molar-refractivity contribution is -0.136. The number of piperazine rings is 1. The number of nitrogens with zero attached hydrogens (tertiary/aromatic N) is 2. The number of aliphatic hydroxyl groups is 1. The molecule has 4 nitrogen and oxygen atoms in total. The molecule has 1 aliphatic heterocycles. The summed E-state index contributed by atoms with van der Waals surface area (Å²) in [5.41, 5.74) is 3.16. The van der Waals surface area contributed by atoms with E-state index in [-0.39, 0.29) is 12.5 Å². The van der Waals surface area contributed by atoms with Gasteiger partial charge in [-0.05, 0) is 28.8 Å². The molecule has 3 rings (SSSR count). The van der Waals surface area contributed by atoms with Gasteiger partial charge >= 0.3 is 0 Å². The summed E-state index contributed by atoms with van der Waals surface area (Å²) >= 11 is 5.90. The molecule has 2 aromatic rings. The van der Waals surface area contributed by atoms with Crippen LogP contribution in [0.5, 0.6) is 0 Å². The normalized spacial score (nSPS) is 15.8. The van der Waals surface area contributed by atoms with Gasteiger partial charge in [0.05, 0.1) is 13.2 Å². The van der Waals surface area contributed by atoms with Crippen LogP contribution in [-0.2, 0) is 24.5 Å². The van der Waals surface area contributed by atoms with Gasteiger partial charge in [0.25, 0.3) is 0 Å². The summed E-state index contributed by atoms with van der Waals surface area (Å²) in [5, 5.41) is 9.79. The molecule has 0 aromatic heterocycles. The third-order valence-corrected chi connectivity index (χ3v) is 4.55. The fourth-order valence-corrected chi connectivity index (χ4v) is 3.00. The molecule has 1 fully saturated rings. The molecule has 126 valence electrons. The van der Waals surface area contributed by atoms with Crippen LogP contribution in [0.15, 0.2) is 48.5 Å². The smallest absolute Gasteiger partial charge is 0.237 e. The van der Waals surface area contributed by atoms with E-state index in [1.807, 2.05) is 53.4 Å². The highest BCUT2D eigenvalue weighted by Gasteiger charge is 2.23. The zero-order valence-electron chi connectivity index (χ0n) is 13.5. The number of carbonyl (C=O) groups is 1. The van der Waals surface area contributed by atoms with Gasteiger partial charge in [-0.3, -0.25) is 9.69 Å². The maximum absolute atomic E-state index is 12.4. The van der Waals surface area contributed by atoms with Gasteiger partial charge in [0.1, 0.15) is 0 Å². The van der Waals surface area contributed by atoms with E-state index in [2.05, 4.69) is 4.90 Å². The van der Waals surface area contributed by atoms with Crippen molar-refractivity contribution in [3.8, 4) is 0 Å². The summed E-state index contributed by atoms with van der Waals surface area (Å²) in [6, 6.07) is 15.5. The Morgan fingerprint density at radius 1 is 0.875 bits per heavy atom. The Kier molecular flexibility index (Phi) is 5.51. The van der Waals surface area contributed by atoms with Gasteiger partial charge in [-0.25, -0.2) is 0 Å². The fourth-order valence-electron chi connectivity index (χ4n) is 2.88. The molecule has 0 atom stereocenters. The van der Waals surface area contributed by atoms with Crippen LogP contribution in [-0.4, -0.2) is 40.4 Å². The lowest BCUT2D eigenvalue weighted by Gasteiger charge is -2.34. The summed E-state index contributed by atoms with van der Waals surface area (Å²) in [4.78, 5) is 16.5. The summed E-state index contributed by atoms with van der Waals surface area (Å²) in [6.07, 6.45) is 0. The molecule has 0 bridgehead atoms. The third-order valence-electron chi connectivity index (χ3n) is 4.30. The zero-order chi connectivity index (χ0) is 16.9. The minimum Gasteiger partial charge on any atom is -0.392 e. The number of carbonyl (C=O) groups excluding carboxylic acids is 1. The maximum atomic E-state index is 12.4. The molecule has 1 heterocycles. The van der Waals surface area contributed by atoms with Crippen molar-refractivity contribution in [2.24, 2.45) is 0 Å². The lowest BCUT2D eigenvalue weighted by atomic mass is 10.1. The quantitative estimate of drug-likeness (QED) is 0.907. The SMILES string of the molecule is O=C1CN(Cc2ccc(CO)cc2)CCN1Cc1ccc(Cl)cc1. The van der Waals surface area contributed by atoms with Crippen LogP contribution in [0.3, 0.4) is 0 Å². The number of benzene rings is 2. The topological polar surface area (TPSA) is 43.8 Å². The summed E-state index contributed by atoms with van der Waals surface area (Å²) in [7, 11) is 0. The Balaban J connectivity index is 1.54. The Morgan fingerprint density at radius 3 is 2.08 bits per heavy atom. The van der Waals surface area contributed by atoms with E-state index in [0.29, 0.717) is 18.1 Å². The molecule has 0 unspecified atom stereocenters. The largest absolute Gasteiger partial charge is 0.392 e. The molecular formula is C19H21ClN2O2. The molecule has 1 N–H and O–H groups in total. The number of hydrogen-bond acceptors (Lipinski definition) is 3. The minimum absolute atomic E-state index is 0.0577. The Hall–Kier alpha value is -1.88. The monoisotopic (exact) mass is 344 g/mol. The number of hydrogen-bond donors (Lipinski definition) is 1. The highest BCUT2D eigenvalue weighted by atomic mass is 35.5. The van der Waals surface area contributed by atoms with Crippen LogP contribution in [0.2, 0.25) is 5.02 Å². The molecule has 1 aliphatic rings.